The Morgan fingerprint density at radius 1 is 1.47 bits per heavy atom. The summed E-state index contributed by atoms with van der Waals surface area (Å²) in [5.74, 6) is -0.431. The average Bonchev–Trinajstić information content (AvgIpc) is 3.06. The lowest BCUT2D eigenvalue weighted by Crippen LogP contribution is -2.09. The predicted octanol–water partition coefficient (Wildman–Crippen LogP) is 0.870. The quantitative estimate of drug-likeness (QED) is 0.748. The molecule has 3 heterocycles. The molecule has 0 radical (unpaired) electrons. The molecule has 19 heavy (non-hydrogen) atoms. The van der Waals surface area contributed by atoms with E-state index in [9.17, 15) is 4.79 Å². The first-order chi connectivity index (χ1) is 9.22. The van der Waals surface area contributed by atoms with Gasteiger partial charge in [-0.2, -0.15) is 5.10 Å². The SMILES string of the molecule is COC(=O)c1cc(C)n2ncnc(C3OCCO3)c12. The van der Waals surface area contributed by atoms with Gasteiger partial charge in [0.1, 0.15) is 17.5 Å². The molecule has 7 heteroatoms. The molecule has 3 rings (SSSR count). The van der Waals surface area contributed by atoms with Crippen LogP contribution in [0.1, 0.15) is 28.0 Å². The minimum atomic E-state index is -0.566. The molecule has 1 aliphatic heterocycles. The Labute approximate surface area is 109 Å². The van der Waals surface area contributed by atoms with Gasteiger partial charge in [0.05, 0.1) is 25.9 Å². The number of nitrogens with zero attached hydrogens (tertiary/aromatic N) is 3. The molecule has 1 saturated heterocycles. The van der Waals surface area contributed by atoms with E-state index >= 15 is 0 Å². The van der Waals surface area contributed by atoms with E-state index in [0.29, 0.717) is 30.0 Å². The molecule has 1 fully saturated rings. The van der Waals surface area contributed by atoms with E-state index in [1.807, 2.05) is 6.92 Å². The van der Waals surface area contributed by atoms with Gasteiger partial charge in [0.15, 0.2) is 0 Å². The lowest BCUT2D eigenvalue weighted by atomic mass is 10.2. The van der Waals surface area contributed by atoms with Crippen molar-refractivity contribution in [3.8, 4) is 0 Å². The molecule has 0 unspecified atom stereocenters. The van der Waals surface area contributed by atoms with Gasteiger partial charge in [-0.15, -0.1) is 0 Å². The van der Waals surface area contributed by atoms with E-state index in [-0.39, 0.29) is 0 Å². The van der Waals surface area contributed by atoms with E-state index in [2.05, 4.69) is 10.1 Å². The first kappa shape index (κ1) is 12.1. The van der Waals surface area contributed by atoms with Gasteiger partial charge in [0, 0.05) is 5.69 Å². The Morgan fingerprint density at radius 2 is 2.21 bits per heavy atom. The fourth-order valence-electron chi connectivity index (χ4n) is 2.18. The zero-order valence-corrected chi connectivity index (χ0v) is 10.6. The lowest BCUT2D eigenvalue weighted by molar-refractivity contribution is -0.0465. The van der Waals surface area contributed by atoms with Crippen molar-refractivity contribution in [3.05, 3.63) is 29.3 Å². The van der Waals surface area contributed by atoms with Crippen LogP contribution in [-0.4, -0.2) is 40.9 Å². The van der Waals surface area contributed by atoms with Crippen LogP contribution < -0.4 is 0 Å². The number of hydrogen-bond donors (Lipinski definition) is 0. The molecule has 0 spiro atoms. The maximum atomic E-state index is 11.8. The molecule has 0 aromatic carbocycles. The number of methoxy groups -OCH3 is 1. The largest absolute Gasteiger partial charge is 0.465 e. The third-order valence-corrected chi connectivity index (χ3v) is 3.01. The molecular formula is C12H13N3O4. The molecule has 1 aliphatic rings. The summed E-state index contributed by atoms with van der Waals surface area (Å²) in [4.78, 5) is 16.0. The highest BCUT2D eigenvalue weighted by Gasteiger charge is 2.27. The third kappa shape index (κ3) is 1.87. The normalized spacial score (nSPS) is 16.1. The molecule has 0 bridgehead atoms. The highest BCUT2D eigenvalue weighted by Crippen LogP contribution is 2.28. The fourth-order valence-corrected chi connectivity index (χ4v) is 2.18. The average molecular weight is 263 g/mol. The topological polar surface area (TPSA) is 75.0 Å². The molecular weight excluding hydrogens is 250 g/mol. The van der Waals surface area contributed by atoms with Gasteiger partial charge in [0.2, 0.25) is 6.29 Å². The van der Waals surface area contributed by atoms with Gasteiger partial charge in [-0.25, -0.2) is 14.3 Å². The molecule has 0 N–H and O–H groups in total. The van der Waals surface area contributed by atoms with Gasteiger partial charge < -0.3 is 14.2 Å². The Morgan fingerprint density at radius 3 is 2.89 bits per heavy atom. The summed E-state index contributed by atoms with van der Waals surface area (Å²) in [5.41, 5.74) is 2.34. The zero-order valence-electron chi connectivity index (χ0n) is 10.6. The van der Waals surface area contributed by atoms with Crippen molar-refractivity contribution in [3.63, 3.8) is 0 Å². The highest BCUT2D eigenvalue weighted by molar-refractivity contribution is 5.98. The number of aryl methyl sites for hydroxylation is 1. The minimum Gasteiger partial charge on any atom is -0.465 e. The van der Waals surface area contributed by atoms with E-state index in [1.165, 1.54) is 13.4 Å². The molecule has 0 saturated carbocycles. The van der Waals surface area contributed by atoms with E-state index in [1.54, 1.807) is 10.6 Å². The van der Waals surface area contributed by atoms with Gasteiger partial charge in [-0.3, -0.25) is 0 Å². The van der Waals surface area contributed by atoms with Crippen molar-refractivity contribution in [2.24, 2.45) is 0 Å². The smallest absolute Gasteiger partial charge is 0.340 e. The van der Waals surface area contributed by atoms with Crippen molar-refractivity contribution >= 4 is 11.5 Å². The van der Waals surface area contributed by atoms with Crippen molar-refractivity contribution in [1.29, 1.82) is 0 Å². The van der Waals surface area contributed by atoms with E-state index in [4.69, 9.17) is 14.2 Å². The standard InChI is InChI=1S/C12H13N3O4/c1-7-5-8(11(16)17-2)10-9(12-18-3-4-19-12)13-6-14-15(7)10/h5-6,12H,3-4H2,1-2H3. The number of esters is 1. The molecule has 7 nitrogen and oxygen atoms in total. The van der Waals surface area contributed by atoms with E-state index in [0.717, 1.165) is 5.69 Å². The van der Waals surface area contributed by atoms with Gasteiger partial charge in [-0.1, -0.05) is 0 Å². The predicted molar refractivity (Wildman–Crippen MR) is 63.7 cm³/mol. The summed E-state index contributed by atoms with van der Waals surface area (Å²) >= 11 is 0. The van der Waals surface area contributed by atoms with Crippen molar-refractivity contribution in [2.45, 2.75) is 13.2 Å². The van der Waals surface area contributed by atoms with Crippen molar-refractivity contribution in [1.82, 2.24) is 14.6 Å². The Bertz CT molecular complexity index is 631. The van der Waals surface area contributed by atoms with Crippen LogP contribution in [0.5, 0.6) is 0 Å². The zero-order chi connectivity index (χ0) is 13.4. The van der Waals surface area contributed by atoms with Crippen LogP contribution in [0, 0.1) is 6.92 Å². The number of rotatable bonds is 2. The van der Waals surface area contributed by atoms with Gasteiger partial charge >= 0.3 is 5.97 Å². The summed E-state index contributed by atoms with van der Waals surface area (Å²) < 4.78 is 17.3. The van der Waals surface area contributed by atoms with Gasteiger partial charge in [-0.05, 0) is 13.0 Å². The summed E-state index contributed by atoms with van der Waals surface area (Å²) in [7, 11) is 1.34. The molecule has 0 amide bonds. The Kier molecular flexibility index (Phi) is 2.92. The van der Waals surface area contributed by atoms with Crippen LogP contribution in [0.25, 0.3) is 5.52 Å². The van der Waals surface area contributed by atoms with Crippen molar-refractivity contribution < 1.29 is 19.0 Å². The number of aromatic nitrogens is 3. The van der Waals surface area contributed by atoms with Crippen LogP contribution >= 0.6 is 0 Å². The summed E-state index contributed by atoms with van der Waals surface area (Å²) in [5, 5.41) is 4.14. The molecule has 100 valence electrons. The summed E-state index contributed by atoms with van der Waals surface area (Å²) in [6.45, 7) is 2.87. The Hall–Kier alpha value is -1.99. The van der Waals surface area contributed by atoms with Gasteiger partial charge in [0.25, 0.3) is 0 Å². The second-order valence-corrected chi connectivity index (χ2v) is 4.17. The minimum absolute atomic E-state index is 0.412. The van der Waals surface area contributed by atoms with Crippen LogP contribution in [-0.2, 0) is 14.2 Å². The summed E-state index contributed by atoms with van der Waals surface area (Å²) in [6.07, 6.45) is 0.852. The van der Waals surface area contributed by atoms with Crippen LogP contribution in [0.2, 0.25) is 0 Å². The summed E-state index contributed by atoms with van der Waals surface area (Å²) in [6, 6.07) is 1.72. The molecule has 0 atom stereocenters. The fraction of sp³-hybridized carbons (Fsp3) is 0.417. The third-order valence-electron chi connectivity index (χ3n) is 3.01. The monoisotopic (exact) mass is 263 g/mol. The maximum Gasteiger partial charge on any atom is 0.340 e. The van der Waals surface area contributed by atoms with E-state index < -0.39 is 12.3 Å². The first-order valence-corrected chi connectivity index (χ1v) is 5.87. The molecule has 2 aromatic rings. The number of fused-ring (bicyclic) bond motifs is 1. The first-order valence-electron chi connectivity index (χ1n) is 5.87. The lowest BCUT2D eigenvalue weighted by Gasteiger charge is -2.10. The second kappa shape index (κ2) is 4.60. The highest BCUT2D eigenvalue weighted by atomic mass is 16.7. The Balaban J connectivity index is 2.24. The number of hydrogen-bond acceptors (Lipinski definition) is 6. The molecule has 2 aromatic heterocycles. The van der Waals surface area contributed by atoms with Crippen molar-refractivity contribution in [2.75, 3.05) is 20.3 Å². The van der Waals surface area contributed by atoms with Crippen LogP contribution in [0.15, 0.2) is 12.4 Å². The second-order valence-electron chi connectivity index (χ2n) is 4.17. The van der Waals surface area contributed by atoms with Crippen LogP contribution in [0.4, 0.5) is 0 Å². The number of ether oxygens (including phenoxy) is 3. The maximum absolute atomic E-state index is 11.8. The number of carbonyl (C=O) groups excluding carboxylic acids is 1. The van der Waals surface area contributed by atoms with Crippen LogP contribution in [0.3, 0.4) is 0 Å². The molecule has 0 aliphatic carbocycles. The number of carbonyl (C=O) groups is 1.